The van der Waals surface area contributed by atoms with E-state index < -0.39 is 5.97 Å². The number of rotatable bonds is 6. The average molecular weight is 357 g/mol. The Morgan fingerprint density at radius 2 is 2.12 bits per heavy atom. The molecule has 138 valence electrons. The first-order valence-corrected chi connectivity index (χ1v) is 8.88. The molecule has 7 heteroatoms. The minimum absolute atomic E-state index is 0.111. The molecule has 1 N–H and O–H groups in total. The summed E-state index contributed by atoms with van der Waals surface area (Å²) in [5.74, 6) is -0.345. The average Bonchev–Trinajstić information content (AvgIpc) is 3.45. The second-order valence-electron chi connectivity index (χ2n) is 6.72. The van der Waals surface area contributed by atoms with E-state index in [0.29, 0.717) is 34.8 Å². The zero-order valence-electron chi connectivity index (χ0n) is 15.2. The highest BCUT2D eigenvalue weighted by Crippen LogP contribution is 2.32. The quantitative estimate of drug-likeness (QED) is 0.796. The van der Waals surface area contributed by atoms with E-state index in [0.717, 1.165) is 12.8 Å². The number of aryl methyl sites for hydroxylation is 2. The minimum atomic E-state index is -0.588. The van der Waals surface area contributed by atoms with Crippen molar-refractivity contribution in [3.05, 3.63) is 39.8 Å². The van der Waals surface area contributed by atoms with Crippen molar-refractivity contribution in [2.75, 3.05) is 6.61 Å². The van der Waals surface area contributed by atoms with Gasteiger partial charge in [0.1, 0.15) is 5.69 Å². The number of hydrogen-bond acceptors (Lipinski definition) is 5. The summed E-state index contributed by atoms with van der Waals surface area (Å²) >= 11 is 0. The van der Waals surface area contributed by atoms with Crippen LogP contribution in [-0.2, 0) is 16.1 Å². The van der Waals surface area contributed by atoms with Gasteiger partial charge in [-0.1, -0.05) is 0 Å². The van der Waals surface area contributed by atoms with Crippen LogP contribution in [0.4, 0.5) is 0 Å². The molecule has 7 nitrogen and oxygen atoms in total. The highest BCUT2D eigenvalue weighted by Gasteiger charge is 2.29. The lowest BCUT2D eigenvalue weighted by Crippen LogP contribution is -2.37. The Morgan fingerprint density at radius 1 is 1.38 bits per heavy atom. The zero-order chi connectivity index (χ0) is 18.8. The van der Waals surface area contributed by atoms with E-state index in [1.54, 1.807) is 29.7 Å². The predicted molar refractivity (Wildman–Crippen MR) is 97.0 cm³/mol. The van der Waals surface area contributed by atoms with Crippen molar-refractivity contribution < 1.29 is 14.3 Å². The van der Waals surface area contributed by atoms with Crippen molar-refractivity contribution in [1.82, 2.24) is 14.9 Å². The SMILES string of the molecule is CCn1c(=O)c(C)nc2cc(C(=O)OCC(=O)N[C@H](C)C3CC3)ccc21. The molecule has 0 bridgehead atoms. The van der Waals surface area contributed by atoms with Crippen LogP contribution >= 0.6 is 0 Å². The highest BCUT2D eigenvalue weighted by atomic mass is 16.5. The molecule has 1 amide bonds. The topological polar surface area (TPSA) is 90.3 Å². The van der Waals surface area contributed by atoms with Crippen molar-refractivity contribution in [3.63, 3.8) is 0 Å². The number of carbonyl (C=O) groups is 2. The first kappa shape index (κ1) is 18.1. The van der Waals surface area contributed by atoms with Crippen molar-refractivity contribution in [2.24, 2.45) is 5.92 Å². The molecule has 0 aliphatic heterocycles. The van der Waals surface area contributed by atoms with Crippen LogP contribution in [0.1, 0.15) is 42.7 Å². The van der Waals surface area contributed by atoms with Gasteiger partial charge in [-0.15, -0.1) is 0 Å². The van der Waals surface area contributed by atoms with E-state index in [-0.39, 0.29) is 24.1 Å². The third-order valence-electron chi connectivity index (χ3n) is 4.71. The maximum Gasteiger partial charge on any atom is 0.338 e. The number of amides is 1. The first-order valence-electron chi connectivity index (χ1n) is 8.88. The summed E-state index contributed by atoms with van der Waals surface area (Å²) in [4.78, 5) is 40.5. The molecule has 1 saturated carbocycles. The van der Waals surface area contributed by atoms with Gasteiger partial charge >= 0.3 is 5.97 Å². The molecule has 0 saturated heterocycles. The van der Waals surface area contributed by atoms with Gasteiger partial charge in [0, 0.05) is 12.6 Å². The molecule has 0 unspecified atom stereocenters. The second-order valence-corrected chi connectivity index (χ2v) is 6.72. The molecule has 0 spiro atoms. The fraction of sp³-hybridized carbons (Fsp3) is 0.474. The summed E-state index contributed by atoms with van der Waals surface area (Å²) < 4.78 is 6.71. The van der Waals surface area contributed by atoms with Crippen LogP contribution in [0, 0.1) is 12.8 Å². The summed E-state index contributed by atoms with van der Waals surface area (Å²) in [5, 5.41) is 2.84. The van der Waals surface area contributed by atoms with Crippen LogP contribution < -0.4 is 10.9 Å². The smallest absolute Gasteiger partial charge is 0.338 e. The molecule has 1 heterocycles. The summed E-state index contributed by atoms with van der Waals surface area (Å²) in [6.07, 6.45) is 2.27. The monoisotopic (exact) mass is 357 g/mol. The van der Waals surface area contributed by atoms with E-state index in [1.165, 1.54) is 0 Å². The largest absolute Gasteiger partial charge is 0.452 e. The number of fused-ring (bicyclic) bond motifs is 1. The lowest BCUT2D eigenvalue weighted by atomic mass is 10.2. The molecule has 1 aromatic carbocycles. The third-order valence-corrected chi connectivity index (χ3v) is 4.71. The number of benzene rings is 1. The van der Waals surface area contributed by atoms with E-state index in [2.05, 4.69) is 10.3 Å². The van der Waals surface area contributed by atoms with Crippen LogP contribution in [0.25, 0.3) is 11.0 Å². The van der Waals surface area contributed by atoms with Gasteiger partial charge in [-0.25, -0.2) is 9.78 Å². The lowest BCUT2D eigenvalue weighted by Gasteiger charge is -2.13. The van der Waals surface area contributed by atoms with Crippen molar-refractivity contribution in [1.29, 1.82) is 0 Å². The maximum atomic E-state index is 12.2. The summed E-state index contributed by atoms with van der Waals surface area (Å²) in [6.45, 7) is 5.69. The number of ether oxygens (including phenoxy) is 1. The van der Waals surface area contributed by atoms with Gasteiger partial charge in [-0.05, 0) is 57.7 Å². The van der Waals surface area contributed by atoms with Crippen molar-refractivity contribution >= 4 is 22.9 Å². The van der Waals surface area contributed by atoms with E-state index in [4.69, 9.17) is 4.74 Å². The lowest BCUT2D eigenvalue weighted by molar-refractivity contribution is -0.124. The third kappa shape index (κ3) is 3.76. The molecule has 2 aromatic rings. The molecule has 1 fully saturated rings. The van der Waals surface area contributed by atoms with Gasteiger partial charge in [-0.3, -0.25) is 9.59 Å². The molecule has 1 atom stereocenters. The predicted octanol–water partition coefficient (Wildman–Crippen LogP) is 1.80. The number of nitrogens with zero attached hydrogens (tertiary/aromatic N) is 2. The fourth-order valence-corrected chi connectivity index (χ4v) is 3.04. The number of aromatic nitrogens is 2. The number of hydrogen-bond donors (Lipinski definition) is 1. The Kier molecular flexibility index (Phi) is 5.06. The van der Waals surface area contributed by atoms with Gasteiger partial charge in [0.15, 0.2) is 6.61 Å². The first-order chi connectivity index (χ1) is 12.4. The van der Waals surface area contributed by atoms with Crippen molar-refractivity contribution in [2.45, 2.75) is 46.2 Å². The minimum Gasteiger partial charge on any atom is -0.452 e. The van der Waals surface area contributed by atoms with Crippen LogP contribution in [0.3, 0.4) is 0 Å². The Bertz CT molecular complexity index is 915. The van der Waals surface area contributed by atoms with Gasteiger partial charge in [0.25, 0.3) is 11.5 Å². The number of carbonyl (C=O) groups excluding carboxylic acids is 2. The fourth-order valence-electron chi connectivity index (χ4n) is 3.04. The van der Waals surface area contributed by atoms with E-state index in [9.17, 15) is 14.4 Å². The second kappa shape index (κ2) is 7.27. The van der Waals surface area contributed by atoms with Crippen LogP contribution in [0.2, 0.25) is 0 Å². The van der Waals surface area contributed by atoms with Crippen LogP contribution in [0.5, 0.6) is 0 Å². The van der Waals surface area contributed by atoms with Crippen LogP contribution in [0.15, 0.2) is 23.0 Å². The highest BCUT2D eigenvalue weighted by molar-refractivity contribution is 5.94. The molecule has 0 radical (unpaired) electrons. The molecule has 1 aromatic heterocycles. The van der Waals surface area contributed by atoms with Crippen LogP contribution in [-0.4, -0.2) is 34.1 Å². The molecule has 1 aliphatic carbocycles. The van der Waals surface area contributed by atoms with Gasteiger partial charge < -0.3 is 14.6 Å². The van der Waals surface area contributed by atoms with Gasteiger partial charge in [0.2, 0.25) is 0 Å². The molecule has 26 heavy (non-hydrogen) atoms. The van der Waals surface area contributed by atoms with E-state index in [1.807, 2.05) is 13.8 Å². The maximum absolute atomic E-state index is 12.2. The Labute approximate surface area is 151 Å². The van der Waals surface area contributed by atoms with Gasteiger partial charge in [0.05, 0.1) is 16.6 Å². The molecular formula is C19H23N3O4. The van der Waals surface area contributed by atoms with Crippen molar-refractivity contribution in [3.8, 4) is 0 Å². The standard InChI is InChI=1S/C19H23N3O4/c1-4-22-16-8-7-14(9-15(16)20-12(3)18(22)24)19(25)26-10-17(23)21-11(2)13-5-6-13/h7-9,11,13H,4-6,10H2,1-3H3,(H,21,23)/t11-/m1/s1. The van der Waals surface area contributed by atoms with E-state index >= 15 is 0 Å². The summed E-state index contributed by atoms with van der Waals surface area (Å²) in [6, 6.07) is 4.96. The Morgan fingerprint density at radius 3 is 2.77 bits per heavy atom. The zero-order valence-corrected chi connectivity index (χ0v) is 15.2. The normalized spacial score (nSPS) is 14.9. The molecule has 3 rings (SSSR count). The Balaban J connectivity index is 1.71. The number of nitrogens with one attached hydrogen (secondary N) is 1. The number of esters is 1. The summed E-state index contributed by atoms with van der Waals surface area (Å²) in [5.41, 5.74) is 1.74. The molecular weight excluding hydrogens is 334 g/mol. The summed E-state index contributed by atoms with van der Waals surface area (Å²) in [7, 11) is 0. The van der Waals surface area contributed by atoms with Gasteiger partial charge in [-0.2, -0.15) is 0 Å². The molecule has 1 aliphatic rings. The Hall–Kier alpha value is -2.70.